The average molecular weight is 379 g/mol. The standard InChI is InChI=1S/C18H23ClN4OS/c1-22(2)13-20-17-21-16(12-25-17)11-23-9-7-18(24,8-10-23)14-3-5-15(19)6-4-14/h3-6,12-13,24H,7-11H2,1-2H3. The normalized spacial score (nSPS) is 17.9. The minimum Gasteiger partial charge on any atom is -0.385 e. The second kappa shape index (κ2) is 7.83. The van der Waals surface area contributed by atoms with Gasteiger partial charge in [0.1, 0.15) is 0 Å². The molecule has 7 heteroatoms. The molecule has 1 N–H and O–H groups in total. The first-order valence-electron chi connectivity index (χ1n) is 8.30. The average Bonchev–Trinajstić information content (AvgIpc) is 3.03. The molecule has 0 amide bonds. The van der Waals surface area contributed by atoms with Crippen molar-refractivity contribution in [3.8, 4) is 0 Å². The number of thiazole rings is 1. The molecule has 1 fully saturated rings. The van der Waals surface area contributed by atoms with Gasteiger partial charge in [0, 0.05) is 44.1 Å². The maximum Gasteiger partial charge on any atom is 0.210 e. The lowest BCUT2D eigenvalue weighted by molar-refractivity contribution is -0.0279. The molecule has 0 radical (unpaired) electrons. The van der Waals surface area contributed by atoms with Crippen molar-refractivity contribution in [2.75, 3.05) is 27.2 Å². The van der Waals surface area contributed by atoms with E-state index in [4.69, 9.17) is 11.6 Å². The topological polar surface area (TPSA) is 52.0 Å². The Kier molecular flexibility index (Phi) is 5.74. The summed E-state index contributed by atoms with van der Waals surface area (Å²) in [5, 5.41) is 14.5. The number of aliphatic imine (C=N–C) groups is 1. The molecule has 1 aromatic carbocycles. The summed E-state index contributed by atoms with van der Waals surface area (Å²) in [4.78, 5) is 13.1. The Balaban J connectivity index is 1.56. The van der Waals surface area contributed by atoms with Crippen LogP contribution in [0.2, 0.25) is 5.02 Å². The van der Waals surface area contributed by atoms with Crippen LogP contribution in [0.5, 0.6) is 0 Å². The monoisotopic (exact) mass is 378 g/mol. The van der Waals surface area contributed by atoms with E-state index >= 15 is 0 Å². The summed E-state index contributed by atoms with van der Waals surface area (Å²) in [5.74, 6) is 0. The van der Waals surface area contributed by atoms with Crippen molar-refractivity contribution in [3.63, 3.8) is 0 Å². The summed E-state index contributed by atoms with van der Waals surface area (Å²) in [6.07, 6.45) is 3.19. The van der Waals surface area contributed by atoms with Gasteiger partial charge < -0.3 is 10.0 Å². The van der Waals surface area contributed by atoms with Crippen molar-refractivity contribution in [2.24, 2.45) is 4.99 Å². The van der Waals surface area contributed by atoms with Crippen molar-refractivity contribution in [1.29, 1.82) is 0 Å². The van der Waals surface area contributed by atoms with E-state index in [0.29, 0.717) is 17.9 Å². The maximum atomic E-state index is 10.9. The first-order chi connectivity index (χ1) is 11.9. The molecule has 0 atom stereocenters. The summed E-state index contributed by atoms with van der Waals surface area (Å²) >= 11 is 7.50. The van der Waals surface area contributed by atoms with Crippen LogP contribution in [0, 0.1) is 0 Å². The quantitative estimate of drug-likeness (QED) is 0.639. The minimum absolute atomic E-state index is 0.695. The highest BCUT2D eigenvalue weighted by molar-refractivity contribution is 7.13. The molecule has 1 aromatic heterocycles. The second-order valence-corrected chi connectivity index (χ2v) is 7.92. The van der Waals surface area contributed by atoms with Gasteiger partial charge in [-0.2, -0.15) is 0 Å². The zero-order valence-corrected chi connectivity index (χ0v) is 16.1. The number of piperidine rings is 1. The summed E-state index contributed by atoms with van der Waals surface area (Å²) < 4.78 is 0. The molecular formula is C18H23ClN4OS. The molecule has 134 valence electrons. The van der Waals surface area contributed by atoms with Crippen LogP contribution in [-0.4, -0.2) is 53.4 Å². The van der Waals surface area contributed by atoms with Crippen molar-refractivity contribution >= 4 is 34.4 Å². The molecule has 0 aliphatic carbocycles. The van der Waals surface area contributed by atoms with Crippen LogP contribution in [0.15, 0.2) is 34.6 Å². The van der Waals surface area contributed by atoms with Crippen LogP contribution in [0.4, 0.5) is 5.13 Å². The van der Waals surface area contributed by atoms with Gasteiger partial charge in [0.2, 0.25) is 5.13 Å². The van der Waals surface area contributed by atoms with Crippen molar-refractivity contribution < 1.29 is 5.11 Å². The fourth-order valence-corrected chi connectivity index (χ4v) is 3.72. The molecule has 3 rings (SSSR count). The third kappa shape index (κ3) is 4.79. The van der Waals surface area contributed by atoms with E-state index in [-0.39, 0.29) is 0 Å². The number of halogens is 1. The fraction of sp³-hybridized carbons (Fsp3) is 0.444. The third-order valence-corrected chi connectivity index (χ3v) is 5.44. The Morgan fingerprint density at radius 2 is 2.00 bits per heavy atom. The van der Waals surface area contributed by atoms with Gasteiger partial charge in [-0.05, 0) is 30.5 Å². The lowest BCUT2D eigenvalue weighted by Gasteiger charge is -2.38. The number of hydrogen-bond acceptors (Lipinski definition) is 5. The summed E-state index contributed by atoms with van der Waals surface area (Å²) in [6, 6.07) is 7.53. The number of aliphatic hydroxyl groups is 1. The summed E-state index contributed by atoms with van der Waals surface area (Å²) in [7, 11) is 3.88. The third-order valence-electron chi connectivity index (χ3n) is 4.39. The smallest absolute Gasteiger partial charge is 0.210 e. The number of aromatic nitrogens is 1. The van der Waals surface area contributed by atoms with Gasteiger partial charge in [0.05, 0.1) is 17.6 Å². The molecule has 0 bridgehead atoms. The highest BCUT2D eigenvalue weighted by Gasteiger charge is 2.33. The van der Waals surface area contributed by atoms with Gasteiger partial charge >= 0.3 is 0 Å². The minimum atomic E-state index is -0.760. The van der Waals surface area contributed by atoms with E-state index in [9.17, 15) is 5.11 Å². The van der Waals surface area contributed by atoms with Crippen LogP contribution >= 0.6 is 22.9 Å². The summed E-state index contributed by atoms with van der Waals surface area (Å²) in [5.41, 5.74) is 1.22. The number of likely N-dealkylation sites (tertiary alicyclic amines) is 1. The van der Waals surface area contributed by atoms with Crippen LogP contribution in [0.25, 0.3) is 0 Å². The molecule has 0 spiro atoms. The number of rotatable bonds is 5. The Hall–Kier alpha value is -1.47. The number of nitrogens with zero attached hydrogens (tertiary/aromatic N) is 4. The predicted octanol–water partition coefficient (Wildman–Crippen LogP) is 3.50. The van der Waals surface area contributed by atoms with Gasteiger partial charge in [-0.25, -0.2) is 9.98 Å². The van der Waals surface area contributed by atoms with E-state index in [0.717, 1.165) is 36.0 Å². The molecule has 2 heterocycles. The lowest BCUT2D eigenvalue weighted by Crippen LogP contribution is -2.42. The molecule has 0 saturated carbocycles. The molecule has 5 nitrogen and oxygen atoms in total. The Bertz CT molecular complexity index is 721. The van der Waals surface area contributed by atoms with E-state index in [1.54, 1.807) is 17.7 Å². The van der Waals surface area contributed by atoms with Gasteiger partial charge in [-0.3, -0.25) is 4.90 Å². The zero-order valence-electron chi connectivity index (χ0n) is 14.5. The Morgan fingerprint density at radius 3 is 2.64 bits per heavy atom. The Morgan fingerprint density at radius 1 is 1.32 bits per heavy atom. The molecule has 2 aromatic rings. The van der Waals surface area contributed by atoms with Gasteiger partial charge in [0.15, 0.2) is 0 Å². The predicted molar refractivity (Wildman–Crippen MR) is 104 cm³/mol. The maximum absolute atomic E-state index is 10.9. The molecule has 1 aliphatic heterocycles. The van der Waals surface area contributed by atoms with Crippen molar-refractivity contribution in [3.05, 3.63) is 45.9 Å². The van der Waals surface area contributed by atoms with Crippen LogP contribution in [0.3, 0.4) is 0 Å². The van der Waals surface area contributed by atoms with E-state index in [2.05, 4.69) is 20.3 Å². The fourth-order valence-electron chi connectivity index (χ4n) is 2.95. The van der Waals surface area contributed by atoms with E-state index in [1.165, 1.54) is 0 Å². The van der Waals surface area contributed by atoms with Crippen LogP contribution in [0.1, 0.15) is 24.1 Å². The number of hydrogen-bond donors (Lipinski definition) is 1. The summed E-state index contributed by atoms with van der Waals surface area (Å²) in [6.45, 7) is 2.48. The van der Waals surface area contributed by atoms with Gasteiger partial charge in [-0.1, -0.05) is 23.7 Å². The molecule has 25 heavy (non-hydrogen) atoms. The molecule has 0 unspecified atom stereocenters. The molecule has 1 saturated heterocycles. The zero-order chi connectivity index (χ0) is 17.9. The van der Waals surface area contributed by atoms with Gasteiger partial charge in [0.25, 0.3) is 0 Å². The lowest BCUT2D eigenvalue weighted by atomic mass is 9.84. The van der Waals surface area contributed by atoms with E-state index < -0.39 is 5.60 Å². The molecule has 1 aliphatic rings. The van der Waals surface area contributed by atoms with Crippen LogP contribution in [-0.2, 0) is 12.1 Å². The first-order valence-corrected chi connectivity index (χ1v) is 9.56. The van der Waals surface area contributed by atoms with Crippen LogP contribution < -0.4 is 0 Å². The van der Waals surface area contributed by atoms with Crippen molar-refractivity contribution in [2.45, 2.75) is 25.0 Å². The largest absolute Gasteiger partial charge is 0.385 e. The van der Waals surface area contributed by atoms with Crippen molar-refractivity contribution in [1.82, 2.24) is 14.8 Å². The second-order valence-electron chi connectivity index (χ2n) is 6.64. The highest BCUT2D eigenvalue weighted by Crippen LogP contribution is 2.34. The Labute approximate surface area is 157 Å². The molecular weight excluding hydrogens is 356 g/mol. The SMILES string of the molecule is CN(C)C=Nc1nc(CN2CCC(O)(c3ccc(Cl)cc3)CC2)cs1. The first kappa shape index (κ1) is 18.3. The van der Waals surface area contributed by atoms with Gasteiger partial charge in [-0.15, -0.1) is 11.3 Å². The number of benzene rings is 1. The highest BCUT2D eigenvalue weighted by atomic mass is 35.5. The van der Waals surface area contributed by atoms with E-state index in [1.807, 2.05) is 43.3 Å².